The Hall–Kier alpha value is -4.67. The van der Waals surface area contributed by atoms with Crippen molar-refractivity contribution in [2.45, 2.75) is 58.7 Å². The standard InChI is InChI=1S/C32H40N8O5.ClH/c1-8-14-45-26-12-11-20(17-34-26)37-28-21-15-23(25(44-7)16-22(21)35-18-36-28)38-30(42)24-10-9-13-40(24)31(43)27(32(3,4)5)39-29(41)19(2)33-6;/h1,11-12,15-19,24,27,33H,9-10,13-14H2,2-7H3,(H,38,42)(H,39,41)(H,35,36,37);1H. The van der Waals surface area contributed by atoms with Crippen molar-refractivity contribution >= 4 is 58.2 Å². The molecule has 246 valence electrons. The molecule has 13 nitrogen and oxygen atoms in total. The normalized spacial score (nSPS) is 15.6. The van der Waals surface area contributed by atoms with Crippen LogP contribution in [0.25, 0.3) is 10.9 Å². The summed E-state index contributed by atoms with van der Waals surface area (Å²) in [4.78, 5) is 54.8. The van der Waals surface area contributed by atoms with Gasteiger partial charge in [0.2, 0.25) is 23.6 Å². The van der Waals surface area contributed by atoms with E-state index in [4.69, 9.17) is 15.9 Å². The summed E-state index contributed by atoms with van der Waals surface area (Å²) in [5.41, 5.74) is 1.04. The molecule has 14 heteroatoms. The van der Waals surface area contributed by atoms with Crippen molar-refractivity contribution in [3.8, 4) is 24.0 Å². The topological polar surface area (TPSA) is 160 Å². The highest BCUT2D eigenvalue weighted by atomic mass is 35.5. The van der Waals surface area contributed by atoms with Crippen molar-refractivity contribution in [2.75, 3.05) is 37.9 Å². The van der Waals surface area contributed by atoms with E-state index in [1.54, 1.807) is 49.3 Å². The number of likely N-dealkylation sites (N-methyl/N-ethyl adjacent to an activating group) is 1. The Balaban J connectivity index is 0.00000576. The van der Waals surface area contributed by atoms with Gasteiger partial charge >= 0.3 is 0 Å². The zero-order valence-corrected chi connectivity index (χ0v) is 27.7. The third-order valence-electron chi connectivity index (χ3n) is 7.58. The number of ether oxygens (including phenoxy) is 2. The number of carbonyl (C=O) groups excluding carboxylic acids is 3. The van der Waals surface area contributed by atoms with Crippen LogP contribution in [0.1, 0.15) is 40.5 Å². The number of fused-ring (bicyclic) bond motifs is 1. The molecule has 3 atom stereocenters. The Kier molecular flexibility index (Phi) is 12.1. The summed E-state index contributed by atoms with van der Waals surface area (Å²) in [7, 11) is 3.18. The first-order valence-corrected chi connectivity index (χ1v) is 14.7. The highest BCUT2D eigenvalue weighted by Crippen LogP contribution is 2.34. The molecule has 0 saturated carbocycles. The first-order valence-electron chi connectivity index (χ1n) is 14.7. The van der Waals surface area contributed by atoms with Gasteiger partial charge in [0.05, 0.1) is 36.2 Å². The molecule has 4 N–H and O–H groups in total. The number of hydrogen-bond acceptors (Lipinski definition) is 10. The minimum absolute atomic E-state index is 0. The van der Waals surface area contributed by atoms with E-state index in [2.05, 4.69) is 42.1 Å². The molecular formula is C32H41ClN8O5. The van der Waals surface area contributed by atoms with Gasteiger partial charge in [0.15, 0.2) is 6.61 Å². The highest BCUT2D eigenvalue weighted by Gasteiger charge is 2.42. The quantitative estimate of drug-likeness (QED) is 0.226. The minimum atomic E-state index is -0.817. The number of methoxy groups -OCH3 is 1. The summed E-state index contributed by atoms with van der Waals surface area (Å²) in [5.74, 6) is 2.72. The number of rotatable bonds is 11. The average molecular weight is 653 g/mol. The molecule has 46 heavy (non-hydrogen) atoms. The van der Waals surface area contributed by atoms with Gasteiger partial charge in [-0.3, -0.25) is 14.4 Å². The monoisotopic (exact) mass is 652 g/mol. The number of nitrogens with one attached hydrogen (secondary N) is 4. The Morgan fingerprint density at radius 3 is 2.57 bits per heavy atom. The molecule has 0 aliphatic carbocycles. The number of halogens is 1. The van der Waals surface area contributed by atoms with E-state index < -0.39 is 23.5 Å². The van der Waals surface area contributed by atoms with Crippen LogP contribution in [0, 0.1) is 17.8 Å². The van der Waals surface area contributed by atoms with Crippen molar-refractivity contribution in [3.05, 3.63) is 36.8 Å². The summed E-state index contributed by atoms with van der Waals surface area (Å²) in [6.45, 7) is 7.89. The summed E-state index contributed by atoms with van der Waals surface area (Å²) < 4.78 is 10.9. The van der Waals surface area contributed by atoms with Crippen molar-refractivity contribution in [1.29, 1.82) is 0 Å². The lowest BCUT2D eigenvalue weighted by Crippen LogP contribution is -2.59. The van der Waals surface area contributed by atoms with Crippen molar-refractivity contribution < 1.29 is 23.9 Å². The van der Waals surface area contributed by atoms with Gasteiger partial charge in [-0.15, -0.1) is 18.8 Å². The van der Waals surface area contributed by atoms with Crippen LogP contribution in [0.5, 0.6) is 11.6 Å². The Morgan fingerprint density at radius 1 is 1.17 bits per heavy atom. The van der Waals surface area contributed by atoms with Crippen LogP contribution in [-0.2, 0) is 14.4 Å². The van der Waals surface area contributed by atoms with E-state index >= 15 is 0 Å². The molecule has 0 radical (unpaired) electrons. The Bertz CT molecular complexity index is 1590. The molecule has 4 rings (SSSR count). The van der Waals surface area contributed by atoms with Gasteiger partial charge in [-0.25, -0.2) is 15.0 Å². The molecule has 1 saturated heterocycles. The molecule has 3 unspecified atom stereocenters. The molecule has 3 heterocycles. The summed E-state index contributed by atoms with van der Waals surface area (Å²) in [6, 6.07) is 4.87. The largest absolute Gasteiger partial charge is 0.494 e. The molecule has 0 bridgehead atoms. The Labute approximate surface area is 275 Å². The smallest absolute Gasteiger partial charge is 0.247 e. The molecule has 3 amide bonds. The summed E-state index contributed by atoms with van der Waals surface area (Å²) in [6.07, 6.45) is 9.38. The predicted octanol–water partition coefficient (Wildman–Crippen LogP) is 3.28. The number of pyridine rings is 1. The molecule has 2 aromatic heterocycles. The second-order valence-electron chi connectivity index (χ2n) is 11.8. The first kappa shape index (κ1) is 35.8. The molecule has 1 aromatic carbocycles. The zero-order valence-electron chi connectivity index (χ0n) is 26.8. The van der Waals surface area contributed by atoms with Gasteiger partial charge in [-0.1, -0.05) is 26.7 Å². The number of aromatic nitrogens is 3. The number of anilines is 3. The van der Waals surface area contributed by atoms with E-state index in [-0.39, 0.29) is 36.7 Å². The van der Waals surface area contributed by atoms with Gasteiger partial charge in [0.25, 0.3) is 0 Å². The van der Waals surface area contributed by atoms with E-state index in [0.29, 0.717) is 59.1 Å². The SMILES string of the molecule is C#CCOc1ccc(Nc2ncnc3cc(OC)c(NC(=O)C4CCCN4C(=O)C(NC(=O)C(C)NC)C(C)(C)C)cc23)cn1.Cl. The number of hydrogen-bond donors (Lipinski definition) is 4. The van der Waals surface area contributed by atoms with E-state index in [1.165, 1.54) is 13.4 Å². The zero-order chi connectivity index (χ0) is 32.7. The Morgan fingerprint density at radius 2 is 1.93 bits per heavy atom. The van der Waals surface area contributed by atoms with Crippen LogP contribution in [-0.4, -0.2) is 83.0 Å². The van der Waals surface area contributed by atoms with E-state index in [1.807, 2.05) is 20.8 Å². The maximum absolute atomic E-state index is 13.8. The van der Waals surface area contributed by atoms with E-state index in [0.717, 1.165) is 0 Å². The minimum Gasteiger partial charge on any atom is -0.494 e. The fourth-order valence-electron chi connectivity index (χ4n) is 4.97. The number of likely N-dealkylation sites (tertiary alicyclic amines) is 1. The fourth-order valence-corrected chi connectivity index (χ4v) is 4.97. The van der Waals surface area contributed by atoms with Crippen LogP contribution in [0.15, 0.2) is 36.8 Å². The lowest BCUT2D eigenvalue weighted by atomic mass is 9.85. The molecule has 1 aliphatic rings. The molecule has 3 aromatic rings. The van der Waals surface area contributed by atoms with Gasteiger partial charge in [0.1, 0.15) is 30.0 Å². The number of amides is 3. The lowest BCUT2D eigenvalue weighted by molar-refractivity contribution is -0.143. The third-order valence-corrected chi connectivity index (χ3v) is 7.58. The van der Waals surface area contributed by atoms with E-state index in [9.17, 15) is 14.4 Å². The van der Waals surface area contributed by atoms with Gasteiger partial charge in [-0.05, 0) is 44.4 Å². The van der Waals surface area contributed by atoms with Crippen LogP contribution >= 0.6 is 12.4 Å². The average Bonchev–Trinajstić information content (AvgIpc) is 3.52. The number of benzene rings is 1. The van der Waals surface area contributed by atoms with Gasteiger partial charge < -0.3 is 35.6 Å². The summed E-state index contributed by atoms with van der Waals surface area (Å²) in [5, 5.41) is 12.6. The predicted molar refractivity (Wildman–Crippen MR) is 178 cm³/mol. The van der Waals surface area contributed by atoms with Crippen molar-refractivity contribution in [3.63, 3.8) is 0 Å². The molecule has 1 aliphatic heterocycles. The van der Waals surface area contributed by atoms with Gasteiger partial charge in [0, 0.05) is 24.1 Å². The molecule has 1 fully saturated rings. The first-order chi connectivity index (χ1) is 21.5. The maximum atomic E-state index is 13.8. The lowest BCUT2D eigenvalue weighted by Gasteiger charge is -2.36. The second-order valence-corrected chi connectivity index (χ2v) is 11.8. The molecular weight excluding hydrogens is 612 g/mol. The number of nitrogens with zero attached hydrogens (tertiary/aromatic N) is 4. The summed E-state index contributed by atoms with van der Waals surface area (Å²) >= 11 is 0. The van der Waals surface area contributed by atoms with Crippen LogP contribution < -0.4 is 30.7 Å². The third kappa shape index (κ3) is 8.32. The number of carbonyl (C=O) groups is 3. The van der Waals surface area contributed by atoms with Gasteiger partial charge in [-0.2, -0.15) is 0 Å². The number of terminal acetylenes is 1. The maximum Gasteiger partial charge on any atom is 0.247 e. The highest BCUT2D eigenvalue weighted by molar-refractivity contribution is 6.03. The van der Waals surface area contributed by atoms with Crippen LogP contribution in [0.2, 0.25) is 0 Å². The van der Waals surface area contributed by atoms with Crippen molar-refractivity contribution in [1.82, 2.24) is 30.5 Å². The second kappa shape index (κ2) is 15.6. The van der Waals surface area contributed by atoms with Crippen molar-refractivity contribution in [2.24, 2.45) is 5.41 Å². The van der Waals surface area contributed by atoms with Crippen LogP contribution in [0.3, 0.4) is 0 Å². The van der Waals surface area contributed by atoms with Crippen LogP contribution in [0.4, 0.5) is 17.2 Å². The fraction of sp³-hybridized carbons (Fsp3) is 0.438. The molecule has 0 spiro atoms.